The van der Waals surface area contributed by atoms with E-state index in [-0.39, 0.29) is 0 Å². The largest absolute Gasteiger partial charge is 0.366 e. The molecule has 0 aliphatic carbocycles. The Morgan fingerprint density at radius 1 is 1.14 bits per heavy atom. The highest BCUT2D eigenvalue weighted by molar-refractivity contribution is 9.10. The Morgan fingerprint density at radius 2 is 1.86 bits per heavy atom. The predicted molar refractivity (Wildman–Crippen MR) is 91.6 cm³/mol. The van der Waals surface area contributed by atoms with E-state index in [2.05, 4.69) is 76.3 Å². The van der Waals surface area contributed by atoms with Crippen LogP contribution in [0.1, 0.15) is 50.1 Å². The van der Waals surface area contributed by atoms with Crippen LogP contribution in [0.2, 0.25) is 0 Å². The molecule has 0 aliphatic rings. The number of benzene rings is 1. The molecule has 1 aromatic heterocycles. The molecule has 0 saturated heterocycles. The number of aromatic nitrogens is 2. The van der Waals surface area contributed by atoms with E-state index in [9.17, 15) is 0 Å². The Kier molecular flexibility index (Phi) is 5.74. The second kappa shape index (κ2) is 7.55. The number of aryl methyl sites for hydroxylation is 1. The maximum atomic E-state index is 4.53. The molecule has 0 atom stereocenters. The van der Waals surface area contributed by atoms with Crippen LogP contribution >= 0.6 is 15.9 Å². The molecule has 1 heterocycles. The Balaban J connectivity index is 2.02. The molecular weight excluding hydrogens is 326 g/mol. The lowest BCUT2D eigenvalue weighted by molar-refractivity contribution is 0.828. The zero-order valence-electron chi connectivity index (χ0n) is 12.9. The van der Waals surface area contributed by atoms with E-state index in [1.165, 1.54) is 11.1 Å². The fourth-order valence-corrected chi connectivity index (χ4v) is 2.53. The van der Waals surface area contributed by atoms with Crippen molar-refractivity contribution in [1.82, 2.24) is 9.97 Å². The summed E-state index contributed by atoms with van der Waals surface area (Å²) in [7, 11) is 0. The van der Waals surface area contributed by atoms with Gasteiger partial charge in [-0.1, -0.05) is 45.0 Å². The number of hydrogen-bond acceptors (Lipinski definition) is 3. The zero-order valence-corrected chi connectivity index (χ0v) is 14.4. The molecule has 0 aliphatic heterocycles. The highest BCUT2D eigenvalue weighted by Crippen LogP contribution is 2.17. The lowest BCUT2D eigenvalue weighted by Crippen LogP contribution is -2.05. The van der Waals surface area contributed by atoms with Crippen molar-refractivity contribution in [3.8, 4) is 0 Å². The van der Waals surface area contributed by atoms with E-state index in [1.54, 1.807) is 0 Å². The van der Waals surface area contributed by atoms with E-state index in [0.29, 0.717) is 5.92 Å². The molecule has 0 spiro atoms. The molecule has 21 heavy (non-hydrogen) atoms. The van der Waals surface area contributed by atoms with E-state index in [4.69, 9.17) is 0 Å². The highest BCUT2D eigenvalue weighted by Gasteiger charge is 2.03. The number of hydrogen-bond donors (Lipinski definition) is 1. The first-order valence-electron chi connectivity index (χ1n) is 7.44. The quantitative estimate of drug-likeness (QED) is 0.753. The number of anilines is 1. The van der Waals surface area contributed by atoms with Gasteiger partial charge in [0.05, 0.1) is 0 Å². The highest BCUT2D eigenvalue weighted by atomic mass is 79.9. The summed E-state index contributed by atoms with van der Waals surface area (Å²) in [6.45, 7) is 7.32. The molecule has 0 bridgehead atoms. The zero-order chi connectivity index (χ0) is 15.2. The smallest absolute Gasteiger partial charge is 0.132 e. The molecule has 2 aromatic rings. The minimum Gasteiger partial charge on any atom is -0.366 e. The summed E-state index contributed by atoms with van der Waals surface area (Å²) in [6, 6.07) is 10.7. The van der Waals surface area contributed by atoms with Crippen LogP contribution < -0.4 is 5.32 Å². The molecule has 0 fully saturated rings. The van der Waals surface area contributed by atoms with Crippen molar-refractivity contribution >= 4 is 21.7 Å². The number of halogens is 1. The minimum atomic E-state index is 0.571. The van der Waals surface area contributed by atoms with Gasteiger partial charge in [0, 0.05) is 19.0 Å². The number of nitrogens with one attached hydrogen (secondary N) is 1. The van der Waals surface area contributed by atoms with Gasteiger partial charge in [0.25, 0.3) is 0 Å². The molecule has 3 nitrogen and oxygen atoms in total. The Bertz CT molecular complexity index is 579. The van der Waals surface area contributed by atoms with Crippen molar-refractivity contribution in [1.29, 1.82) is 0 Å². The molecular formula is C17H22BrN3. The van der Waals surface area contributed by atoms with Gasteiger partial charge in [-0.05, 0) is 39.4 Å². The first-order valence-corrected chi connectivity index (χ1v) is 8.24. The van der Waals surface area contributed by atoms with Crippen molar-refractivity contribution < 1.29 is 0 Å². The molecule has 1 aromatic carbocycles. The molecule has 0 amide bonds. The normalized spacial score (nSPS) is 10.9. The molecule has 112 valence electrons. The average molecular weight is 348 g/mol. The first-order chi connectivity index (χ1) is 10.1. The van der Waals surface area contributed by atoms with Crippen LogP contribution in [0.25, 0.3) is 0 Å². The average Bonchev–Trinajstić information content (AvgIpc) is 2.45. The van der Waals surface area contributed by atoms with Gasteiger partial charge in [0.1, 0.15) is 16.2 Å². The molecule has 2 rings (SSSR count). The van der Waals surface area contributed by atoms with Gasteiger partial charge in [-0.15, -0.1) is 0 Å². The van der Waals surface area contributed by atoms with Gasteiger partial charge < -0.3 is 5.32 Å². The third-order valence-electron chi connectivity index (χ3n) is 3.33. The second-order valence-corrected chi connectivity index (χ2v) is 6.30. The van der Waals surface area contributed by atoms with Crippen LogP contribution in [0, 0.1) is 0 Å². The SMILES string of the molecule is CCCc1nc(Br)cc(NCc2ccc(C(C)C)cc2)n1. The lowest BCUT2D eigenvalue weighted by atomic mass is 10.0. The standard InChI is InChI=1S/C17H22BrN3/c1-4-5-16-20-15(18)10-17(21-16)19-11-13-6-8-14(9-7-13)12(2)3/h6-10,12H,4-5,11H2,1-3H3,(H,19,20,21). The van der Waals surface area contributed by atoms with Gasteiger partial charge in [0.15, 0.2) is 0 Å². The number of rotatable bonds is 6. The van der Waals surface area contributed by atoms with Crippen molar-refractivity contribution in [3.05, 3.63) is 51.9 Å². The maximum Gasteiger partial charge on any atom is 0.132 e. The van der Waals surface area contributed by atoms with E-state index in [1.807, 2.05) is 6.07 Å². The summed E-state index contributed by atoms with van der Waals surface area (Å²) in [4.78, 5) is 8.91. The van der Waals surface area contributed by atoms with Crippen LogP contribution in [0.15, 0.2) is 34.9 Å². The maximum absolute atomic E-state index is 4.53. The topological polar surface area (TPSA) is 37.8 Å². The van der Waals surface area contributed by atoms with E-state index < -0.39 is 0 Å². The van der Waals surface area contributed by atoms with Crippen molar-refractivity contribution in [3.63, 3.8) is 0 Å². The summed E-state index contributed by atoms with van der Waals surface area (Å²) in [6.07, 6.45) is 1.95. The summed E-state index contributed by atoms with van der Waals surface area (Å²) >= 11 is 3.44. The van der Waals surface area contributed by atoms with Crippen molar-refractivity contribution in [2.24, 2.45) is 0 Å². The predicted octanol–water partition coefficient (Wildman–Crippen LogP) is 4.93. The summed E-state index contributed by atoms with van der Waals surface area (Å²) in [5.41, 5.74) is 2.62. The number of nitrogens with zero attached hydrogens (tertiary/aromatic N) is 2. The summed E-state index contributed by atoms with van der Waals surface area (Å²) in [5.74, 6) is 2.32. The third-order valence-corrected chi connectivity index (χ3v) is 3.74. The van der Waals surface area contributed by atoms with Crippen molar-refractivity contribution in [2.75, 3.05) is 5.32 Å². The van der Waals surface area contributed by atoms with Gasteiger partial charge in [-0.25, -0.2) is 9.97 Å². The Hall–Kier alpha value is -1.42. The first kappa shape index (κ1) is 16.0. The molecule has 4 heteroatoms. The fraction of sp³-hybridized carbons (Fsp3) is 0.412. The van der Waals surface area contributed by atoms with Crippen LogP contribution in [-0.4, -0.2) is 9.97 Å². The van der Waals surface area contributed by atoms with Crippen LogP contribution in [0.5, 0.6) is 0 Å². The van der Waals surface area contributed by atoms with Crippen LogP contribution in [0.3, 0.4) is 0 Å². The fourth-order valence-electron chi connectivity index (χ4n) is 2.10. The summed E-state index contributed by atoms with van der Waals surface area (Å²) in [5, 5.41) is 3.37. The van der Waals surface area contributed by atoms with Gasteiger partial charge in [0.2, 0.25) is 0 Å². The second-order valence-electron chi connectivity index (χ2n) is 5.49. The van der Waals surface area contributed by atoms with Gasteiger partial charge in [-0.2, -0.15) is 0 Å². The molecule has 0 radical (unpaired) electrons. The van der Waals surface area contributed by atoms with E-state index >= 15 is 0 Å². The van der Waals surface area contributed by atoms with E-state index in [0.717, 1.165) is 35.6 Å². The minimum absolute atomic E-state index is 0.571. The summed E-state index contributed by atoms with van der Waals surface area (Å²) < 4.78 is 0.832. The molecule has 0 unspecified atom stereocenters. The Morgan fingerprint density at radius 3 is 2.48 bits per heavy atom. The van der Waals surface area contributed by atoms with Crippen LogP contribution in [-0.2, 0) is 13.0 Å². The molecule has 0 saturated carbocycles. The van der Waals surface area contributed by atoms with Crippen molar-refractivity contribution in [2.45, 2.75) is 46.1 Å². The Labute approximate surface area is 135 Å². The molecule has 1 N–H and O–H groups in total. The van der Waals surface area contributed by atoms with Crippen LogP contribution in [0.4, 0.5) is 5.82 Å². The van der Waals surface area contributed by atoms with Gasteiger partial charge in [-0.3, -0.25) is 0 Å². The third kappa shape index (κ3) is 4.81. The monoisotopic (exact) mass is 347 g/mol. The lowest BCUT2D eigenvalue weighted by Gasteiger charge is -2.09. The van der Waals surface area contributed by atoms with Gasteiger partial charge >= 0.3 is 0 Å².